The zero-order chi connectivity index (χ0) is 54.6. The second-order valence-electron chi connectivity index (χ2n) is 15.9. The van der Waals surface area contributed by atoms with Crippen molar-refractivity contribution in [2.75, 3.05) is 46.9 Å². The van der Waals surface area contributed by atoms with Gasteiger partial charge in [0.2, 0.25) is 0 Å². The molecule has 1 saturated heterocycles. The average Bonchev–Trinajstić information content (AvgIpc) is 3.43. The molecule has 2 aliphatic rings. The number of hydrogen-bond donors (Lipinski definition) is 1. The van der Waals surface area contributed by atoms with Crippen LogP contribution in [0.15, 0.2) is 192 Å². The molecule has 69 heavy (non-hydrogen) atoms. The number of aliphatic hydroxyl groups excluding tert-OH is 1. The number of nitrogens with zero attached hydrogens (tertiary/aromatic N) is 3. The monoisotopic (exact) mass is 957 g/mol. The lowest BCUT2D eigenvalue weighted by atomic mass is 9.84. The summed E-state index contributed by atoms with van der Waals surface area (Å²) in [6.45, 7) is 44.9. The van der Waals surface area contributed by atoms with E-state index in [1.54, 1.807) is 14.1 Å². The Labute approximate surface area is 434 Å². The van der Waals surface area contributed by atoms with E-state index in [0.29, 0.717) is 12.0 Å². The number of benzene rings is 5. The minimum Gasteiger partial charge on any atom is -0.391 e. The van der Waals surface area contributed by atoms with Crippen LogP contribution in [0.25, 0.3) is 0 Å². The van der Waals surface area contributed by atoms with Crippen LogP contribution in [-0.4, -0.2) is 56.5 Å². The minimum absolute atomic E-state index is 0.361. The fourth-order valence-corrected chi connectivity index (χ4v) is 5.20. The molecular weight excluding hydrogens is 839 g/mol. The van der Waals surface area contributed by atoms with Gasteiger partial charge in [-0.25, -0.2) is 0 Å². The molecule has 0 aromatic heterocycles. The molecule has 0 bridgehead atoms. The van der Waals surface area contributed by atoms with E-state index in [1.807, 2.05) is 265 Å². The van der Waals surface area contributed by atoms with Crippen LogP contribution in [-0.2, 0) is 0 Å². The van der Waals surface area contributed by atoms with Crippen molar-refractivity contribution in [2.45, 2.75) is 170 Å². The van der Waals surface area contributed by atoms with Gasteiger partial charge >= 0.3 is 0 Å². The topological polar surface area (TPSA) is 45.0 Å². The summed E-state index contributed by atoms with van der Waals surface area (Å²) in [5.74, 6) is 2.04. The van der Waals surface area contributed by atoms with Crippen molar-refractivity contribution in [3.8, 4) is 0 Å². The first-order valence-corrected chi connectivity index (χ1v) is 27.2. The van der Waals surface area contributed by atoms with Gasteiger partial charge in [0.1, 0.15) is 6.54 Å². The maximum Gasteiger partial charge on any atom is 0.102 e. The maximum absolute atomic E-state index is 8.78. The Balaban J connectivity index is -0.0000000991. The van der Waals surface area contributed by atoms with Gasteiger partial charge in [0.05, 0.1) is 26.2 Å². The predicted molar refractivity (Wildman–Crippen MR) is 321 cm³/mol. The second-order valence-corrected chi connectivity index (χ2v) is 15.9. The van der Waals surface area contributed by atoms with Crippen LogP contribution >= 0.6 is 0 Å². The summed E-state index contributed by atoms with van der Waals surface area (Å²) in [5.41, 5.74) is 0.500. The number of azo groups is 1. The first-order chi connectivity index (χ1) is 33.5. The van der Waals surface area contributed by atoms with E-state index in [-0.39, 0.29) is 0 Å². The highest BCUT2D eigenvalue weighted by Crippen LogP contribution is 2.27. The molecule has 4 nitrogen and oxygen atoms in total. The number of likely N-dealkylation sites (tertiary alicyclic amines) is 1. The molecule has 0 atom stereocenters. The fourth-order valence-electron chi connectivity index (χ4n) is 5.20. The minimum atomic E-state index is 0.361. The van der Waals surface area contributed by atoms with Crippen molar-refractivity contribution in [3.63, 3.8) is 0 Å². The molecule has 1 aliphatic carbocycles. The smallest absolute Gasteiger partial charge is 0.102 e. The number of aliphatic hydroxyl groups is 1. The summed E-state index contributed by atoms with van der Waals surface area (Å²) in [7, 11) is 3.28. The van der Waals surface area contributed by atoms with E-state index in [9.17, 15) is 0 Å². The quantitative estimate of drug-likeness (QED) is 0.142. The van der Waals surface area contributed by atoms with E-state index in [0.717, 1.165) is 18.4 Å². The van der Waals surface area contributed by atoms with Gasteiger partial charge in [-0.1, -0.05) is 339 Å². The highest BCUT2D eigenvalue weighted by atomic mass is 16.3. The third kappa shape index (κ3) is 87.2. The van der Waals surface area contributed by atoms with Crippen molar-refractivity contribution in [2.24, 2.45) is 27.5 Å². The summed E-state index contributed by atoms with van der Waals surface area (Å²) < 4.78 is 1.19. The van der Waals surface area contributed by atoms with Gasteiger partial charge < -0.3 is 9.59 Å². The third-order valence-electron chi connectivity index (χ3n) is 8.38. The van der Waals surface area contributed by atoms with E-state index in [2.05, 4.69) is 58.7 Å². The molecule has 1 saturated carbocycles. The van der Waals surface area contributed by atoms with E-state index < -0.39 is 0 Å². The molecule has 4 heteroatoms. The molecule has 398 valence electrons. The van der Waals surface area contributed by atoms with Crippen LogP contribution in [0.1, 0.15) is 170 Å². The van der Waals surface area contributed by atoms with Gasteiger partial charge in [0.25, 0.3) is 0 Å². The van der Waals surface area contributed by atoms with Crippen molar-refractivity contribution in [1.82, 2.24) is 0 Å². The Kier molecular flexibility index (Phi) is 92.0. The lowest BCUT2D eigenvalue weighted by Gasteiger charge is -2.45. The molecule has 1 aliphatic heterocycles. The Hall–Kier alpha value is -4.38. The van der Waals surface area contributed by atoms with Crippen LogP contribution < -0.4 is 0 Å². The summed E-state index contributed by atoms with van der Waals surface area (Å²) in [6.07, 6.45) is 8.50. The lowest BCUT2D eigenvalue weighted by Crippen LogP contribution is -2.59. The summed E-state index contributed by atoms with van der Waals surface area (Å²) in [4.78, 5) is 0. The van der Waals surface area contributed by atoms with Crippen LogP contribution in [0.3, 0.4) is 0 Å². The van der Waals surface area contributed by atoms with Crippen LogP contribution in [0.5, 0.6) is 0 Å². The molecule has 5 aromatic rings. The van der Waals surface area contributed by atoms with Gasteiger partial charge in [0, 0.05) is 20.5 Å². The van der Waals surface area contributed by atoms with Crippen LogP contribution in [0, 0.1) is 17.3 Å². The largest absolute Gasteiger partial charge is 0.391 e. The van der Waals surface area contributed by atoms with Crippen LogP contribution in [0.4, 0.5) is 0 Å². The summed E-state index contributed by atoms with van der Waals surface area (Å²) in [6, 6.07) is 60.0. The molecule has 1 heterocycles. The number of quaternary nitrogens is 1. The molecule has 0 spiro atoms. The number of rotatable bonds is 4. The van der Waals surface area contributed by atoms with Gasteiger partial charge in [-0.15, -0.1) is 0 Å². The normalized spacial score (nSPS) is 13.2. The van der Waals surface area contributed by atoms with E-state index in [1.165, 1.54) is 62.6 Å². The van der Waals surface area contributed by atoms with Crippen LogP contribution in [0.2, 0.25) is 0 Å². The average molecular weight is 958 g/mol. The van der Waals surface area contributed by atoms with Crippen molar-refractivity contribution < 1.29 is 9.59 Å². The molecule has 7 rings (SSSR count). The van der Waals surface area contributed by atoms with E-state index in [4.69, 9.17) is 5.11 Å². The fraction of sp³-hybridized carbons (Fsp3) is 0.538. The van der Waals surface area contributed by atoms with Gasteiger partial charge in [-0.05, 0) is 23.7 Å². The highest BCUT2D eigenvalue weighted by Gasteiger charge is 2.33. The molecular formula is C65H118N3O+. The molecule has 0 amide bonds. The summed E-state index contributed by atoms with van der Waals surface area (Å²) >= 11 is 0. The Bertz CT molecular complexity index is 1060. The van der Waals surface area contributed by atoms with Gasteiger partial charge in [0.15, 0.2) is 0 Å². The highest BCUT2D eigenvalue weighted by molar-refractivity contribution is 5.01. The zero-order valence-electron chi connectivity index (χ0n) is 49.5. The van der Waals surface area contributed by atoms with Gasteiger partial charge in [-0.3, -0.25) is 0 Å². The Morgan fingerprint density at radius 3 is 0.623 bits per heavy atom. The van der Waals surface area contributed by atoms with Crippen molar-refractivity contribution >= 4 is 0 Å². The lowest BCUT2D eigenvalue weighted by molar-refractivity contribution is -0.963. The third-order valence-corrected chi connectivity index (χ3v) is 8.38. The molecule has 1 N–H and O–H groups in total. The van der Waals surface area contributed by atoms with Crippen molar-refractivity contribution in [1.29, 1.82) is 0 Å². The Morgan fingerprint density at radius 2 is 0.536 bits per heavy atom. The van der Waals surface area contributed by atoms with Gasteiger partial charge in [-0.2, -0.15) is 10.2 Å². The first-order valence-electron chi connectivity index (χ1n) is 27.2. The first kappa shape index (κ1) is 81.6. The SMILES string of the molecule is CC.CC.CC.CC.CC.CC.CC(C)(C)C.CC1CCC(C)CC1.CCC[N+]1(CCO)CCC1.CN=NC.c1ccccc1.c1ccccc1.c1ccccc1.c1ccccc1.c1ccccc1. The Morgan fingerprint density at radius 1 is 0.377 bits per heavy atom. The molecule has 0 unspecified atom stereocenters. The van der Waals surface area contributed by atoms with E-state index >= 15 is 0 Å². The number of hydrogen-bond acceptors (Lipinski definition) is 3. The maximum atomic E-state index is 8.78. The molecule has 5 aromatic carbocycles. The predicted octanol–water partition coefficient (Wildman–Crippen LogP) is 20.8. The molecule has 2 fully saturated rings. The second kappa shape index (κ2) is 77.8. The standard InChI is InChI=1S/C8H18NO.C8H16.5C6H6.C5H12.C2H6N2.6C2H6/c1-2-4-9(7-8-10)5-3-6-9;1-7-3-5-8(2)6-4-7;5*1-2-4-6-5-3-1;1-5(2,3)4;1-3-4-2;6*1-2/h10H,2-8H2,1H3;7-8H,3-6H2,1-2H3;5*1-6H;1-4H3;1-2H3;6*1-2H3/q+1;;;;;;;;;;;;;;. The summed E-state index contributed by atoms with van der Waals surface area (Å²) in [5, 5.41) is 15.5. The molecule has 0 radical (unpaired) electrons. The zero-order valence-corrected chi connectivity index (χ0v) is 49.5. The van der Waals surface area contributed by atoms with Crippen molar-refractivity contribution in [3.05, 3.63) is 182 Å².